The summed E-state index contributed by atoms with van der Waals surface area (Å²) in [5, 5.41) is 3.63. The van der Waals surface area contributed by atoms with Crippen molar-refractivity contribution in [2.75, 3.05) is 32.7 Å². The number of anilines is 1. The minimum atomic E-state index is -0.118. The predicted molar refractivity (Wildman–Crippen MR) is 175 cm³/mol. The molecule has 0 aliphatic rings. The lowest BCUT2D eigenvalue weighted by Gasteiger charge is -2.20. The van der Waals surface area contributed by atoms with Crippen molar-refractivity contribution in [2.45, 2.75) is 23.9 Å². The smallest absolute Gasteiger partial charge is 0.251 e. The number of hydrogen-bond donors (Lipinski definition) is 1. The molecule has 0 saturated carbocycles. The zero-order valence-electron chi connectivity index (χ0n) is 25.1. The van der Waals surface area contributed by atoms with E-state index in [-0.39, 0.29) is 5.91 Å². The number of methoxy groups -OCH3 is 2. The number of nitrogens with zero attached hydrogens (tertiary/aromatic N) is 4. The lowest BCUT2D eigenvalue weighted by molar-refractivity contribution is 0.0951. The standard InChI is InChI=1S/C35H35N5O3S/c1-40(19-17-25-13-16-31(42-2)32(20-25)43-3)33-21-30(28-9-5-4-6-10-28)38-35(39-33)44-24-26-11-14-29(15-12-26)34(41)37-23-27-8-7-18-36-22-27/h4-16,18,20-22H,17,19,23-24H2,1-3H3,(H,37,41). The van der Waals surface area contributed by atoms with Crippen LogP contribution in [0, 0.1) is 0 Å². The molecule has 5 rings (SSSR count). The van der Waals surface area contributed by atoms with Crippen molar-refractivity contribution in [3.8, 4) is 22.8 Å². The van der Waals surface area contributed by atoms with Crippen LogP contribution in [-0.2, 0) is 18.7 Å². The number of likely N-dealkylation sites (N-methyl/N-ethyl adjacent to an activating group) is 1. The molecule has 0 atom stereocenters. The van der Waals surface area contributed by atoms with E-state index in [1.54, 1.807) is 38.4 Å². The Hall–Kier alpha value is -4.89. The summed E-state index contributed by atoms with van der Waals surface area (Å²) in [6.07, 6.45) is 4.27. The highest BCUT2D eigenvalue weighted by atomic mass is 32.2. The fourth-order valence-electron chi connectivity index (χ4n) is 4.56. The van der Waals surface area contributed by atoms with Crippen LogP contribution < -0.4 is 19.7 Å². The van der Waals surface area contributed by atoms with Gasteiger partial charge in [-0.2, -0.15) is 0 Å². The van der Waals surface area contributed by atoms with E-state index in [2.05, 4.69) is 33.4 Å². The Balaban J connectivity index is 1.26. The molecule has 1 N–H and O–H groups in total. The van der Waals surface area contributed by atoms with Crippen LogP contribution in [0.1, 0.15) is 27.0 Å². The third-order valence-corrected chi connectivity index (χ3v) is 8.01. The summed E-state index contributed by atoms with van der Waals surface area (Å²) in [5.41, 5.74) is 5.71. The number of carbonyl (C=O) groups is 1. The Morgan fingerprint density at radius 3 is 2.34 bits per heavy atom. The van der Waals surface area contributed by atoms with Gasteiger partial charge in [-0.15, -0.1) is 0 Å². The second-order valence-electron chi connectivity index (χ2n) is 10.2. The van der Waals surface area contributed by atoms with E-state index in [9.17, 15) is 4.79 Å². The molecule has 0 aliphatic carbocycles. The van der Waals surface area contributed by atoms with E-state index < -0.39 is 0 Å². The summed E-state index contributed by atoms with van der Waals surface area (Å²) in [6.45, 7) is 1.19. The van der Waals surface area contributed by atoms with Gasteiger partial charge in [0.2, 0.25) is 0 Å². The first kappa shape index (κ1) is 30.6. The summed E-state index contributed by atoms with van der Waals surface area (Å²) in [5.74, 6) is 2.84. The van der Waals surface area contributed by atoms with Crippen molar-refractivity contribution in [1.82, 2.24) is 20.3 Å². The number of nitrogens with one attached hydrogen (secondary N) is 1. The third kappa shape index (κ3) is 8.14. The molecular weight excluding hydrogens is 570 g/mol. The molecule has 0 bridgehead atoms. The Morgan fingerprint density at radius 1 is 0.841 bits per heavy atom. The molecule has 0 radical (unpaired) electrons. The molecule has 2 aromatic heterocycles. The van der Waals surface area contributed by atoms with Crippen LogP contribution in [-0.4, -0.2) is 48.7 Å². The van der Waals surface area contributed by atoms with Crippen molar-refractivity contribution in [3.05, 3.63) is 126 Å². The zero-order chi connectivity index (χ0) is 30.7. The maximum absolute atomic E-state index is 12.6. The first-order valence-electron chi connectivity index (χ1n) is 14.3. The number of carbonyl (C=O) groups excluding carboxylic acids is 1. The van der Waals surface area contributed by atoms with Gasteiger partial charge in [0.15, 0.2) is 16.7 Å². The van der Waals surface area contributed by atoms with Crippen molar-refractivity contribution in [1.29, 1.82) is 0 Å². The summed E-state index contributed by atoms with van der Waals surface area (Å²) in [4.78, 5) is 28.6. The molecule has 224 valence electrons. The van der Waals surface area contributed by atoms with Crippen molar-refractivity contribution in [2.24, 2.45) is 0 Å². The minimum Gasteiger partial charge on any atom is -0.493 e. The normalized spacial score (nSPS) is 10.7. The second kappa shape index (κ2) is 15.0. The highest BCUT2D eigenvalue weighted by Gasteiger charge is 2.13. The van der Waals surface area contributed by atoms with Gasteiger partial charge in [-0.1, -0.05) is 66.4 Å². The number of thioether (sulfide) groups is 1. The van der Waals surface area contributed by atoms with Gasteiger partial charge >= 0.3 is 0 Å². The maximum Gasteiger partial charge on any atom is 0.251 e. The van der Waals surface area contributed by atoms with Crippen LogP contribution in [0.25, 0.3) is 11.3 Å². The molecule has 9 heteroatoms. The van der Waals surface area contributed by atoms with Gasteiger partial charge in [0.05, 0.1) is 19.9 Å². The Labute approximate surface area is 262 Å². The van der Waals surface area contributed by atoms with Crippen molar-refractivity contribution < 1.29 is 14.3 Å². The predicted octanol–water partition coefficient (Wildman–Crippen LogP) is 6.46. The highest BCUT2D eigenvalue weighted by Crippen LogP contribution is 2.29. The second-order valence-corrected chi connectivity index (χ2v) is 11.1. The third-order valence-electron chi connectivity index (χ3n) is 7.10. The van der Waals surface area contributed by atoms with E-state index >= 15 is 0 Å². The zero-order valence-corrected chi connectivity index (χ0v) is 25.9. The summed E-state index contributed by atoms with van der Waals surface area (Å²) in [6, 6.07) is 29.6. The molecule has 0 fully saturated rings. The largest absolute Gasteiger partial charge is 0.493 e. The number of aromatic nitrogens is 3. The number of pyridine rings is 1. The molecule has 0 unspecified atom stereocenters. The fourth-order valence-corrected chi connectivity index (χ4v) is 5.37. The van der Waals surface area contributed by atoms with E-state index in [1.807, 2.05) is 79.8 Å². The van der Waals surface area contributed by atoms with E-state index in [0.29, 0.717) is 28.8 Å². The van der Waals surface area contributed by atoms with Gasteiger partial charge in [-0.05, 0) is 53.4 Å². The molecule has 0 saturated heterocycles. The molecule has 3 aromatic carbocycles. The molecule has 5 aromatic rings. The topological polar surface area (TPSA) is 89.5 Å². The molecule has 0 aliphatic heterocycles. The fraction of sp³-hybridized carbons (Fsp3) is 0.200. The van der Waals surface area contributed by atoms with Crippen LogP contribution in [0.3, 0.4) is 0 Å². The lowest BCUT2D eigenvalue weighted by Crippen LogP contribution is -2.22. The number of benzene rings is 3. The molecular formula is C35H35N5O3S. The molecule has 44 heavy (non-hydrogen) atoms. The van der Waals surface area contributed by atoms with Crippen LogP contribution in [0.15, 0.2) is 109 Å². The SMILES string of the molecule is COc1ccc(CCN(C)c2cc(-c3ccccc3)nc(SCc3ccc(C(=O)NCc4cccnc4)cc3)n2)cc1OC. The average Bonchev–Trinajstić information content (AvgIpc) is 3.09. The van der Waals surface area contributed by atoms with Gasteiger partial charge in [0.25, 0.3) is 5.91 Å². The Bertz CT molecular complexity index is 1670. The molecule has 0 spiro atoms. The van der Waals surface area contributed by atoms with Crippen LogP contribution in [0.5, 0.6) is 11.5 Å². The quantitative estimate of drug-likeness (QED) is 0.121. The van der Waals surface area contributed by atoms with E-state index in [4.69, 9.17) is 19.4 Å². The first-order chi connectivity index (χ1) is 21.5. The number of rotatable bonds is 13. The molecule has 8 nitrogen and oxygen atoms in total. The van der Waals surface area contributed by atoms with E-state index in [0.717, 1.165) is 52.5 Å². The van der Waals surface area contributed by atoms with Gasteiger partial charge < -0.3 is 19.7 Å². The number of ether oxygens (including phenoxy) is 2. The van der Waals surface area contributed by atoms with Crippen LogP contribution in [0.2, 0.25) is 0 Å². The minimum absolute atomic E-state index is 0.118. The van der Waals surface area contributed by atoms with Gasteiger partial charge in [0, 0.05) is 55.5 Å². The van der Waals surface area contributed by atoms with Crippen LogP contribution >= 0.6 is 11.8 Å². The molecule has 1 amide bonds. The average molecular weight is 606 g/mol. The van der Waals surface area contributed by atoms with Gasteiger partial charge in [0.1, 0.15) is 5.82 Å². The molecule has 2 heterocycles. The summed E-state index contributed by atoms with van der Waals surface area (Å²) >= 11 is 1.57. The Kier molecular flexibility index (Phi) is 10.4. The highest BCUT2D eigenvalue weighted by molar-refractivity contribution is 7.98. The van der Waals surface area contributed by atoms with Gasteiger partial charge in [-0.3, -0.25) is 9.78 Å². The van der Waals surface area contributed by atoms with Crippen molar-refractivity contribution in [3.63, 3.8) is 0 Å². The van der Waals surface area contributed by atoms with Gasteiger partial charge in [-0.25, -0.2) is 9.97 Å². The first-order valence-corrected chi connectivity index (χ1v) is 15.3. The Morgan fingerprint density at radius 2 is 1.61 bits per heavy atom. The van der Waals surface area contributed by atoms with Crippen LogP contribution in [0.4, 0.5) is 5.82 Å². The van der Waals surface area contributed by atoms with E-state index in [1.165, 1.54) is 0 Å². The lowest BCUT2D eigenvalue weighted by atomic mass is 10.1. The maximum atomic E-state index is 12.6. The van der Waals surface area contributed by atoms with Crippen molar-refractivity contribution >= 4 is 23.5 Å². The monoisotopic (exact) mass is 605 g/mol. The summed E-state index contributed by atoms with van der Waals surface area (Å²) < 4.78 is 10.9. The number of amides is 1. The summed E-state index contributed by atoms with van der Waals surface area (Å²) in [7, 11) is 5.33. The number of hydrogen-bond acceptors (Lipinski definition) is 8.